The minimum absolute atomic E-state index is 0.591. The summed E-state index contributed by atoms with van der Waals surface area (Å²) in [4.78, 5) is 4.91. The van der Waals surface area contributed by atoms with Gasteiger partial charge in [-0.2, -0.15) is 0 Å². The highest BCUT2D eigenvalue weighted by atomic mass is 15.1. The smallest absolute Gasteiger partial charge is 0.141 e. The van der Waals surface area contributed by atoms with Gasteiger partial charge in [-0.25, -0.2) is 4.98 Å². The van der Waals surface area contributed by atoms with Crippen LogP contribution in [0.1, 0.15) is 30.0 Å². The third-order valence-electron chi connectivity index (χ3n) is 4.26. The van der Waals surface area contributed by atoms with E-state index >= 15 is 0 Å². The molecule has 2 N–H and O–H groups in total. The minimum atomic E-state index is 0.591. The van der Waals surface area contributed by atoms with E-state index < -0.39 is 0 Å². The zero-order chi connectivity index (χ0) is 14.6. The van der Waals surface area contributed by atoms with Crippen LogP contribution in [0.4, 0.5) is 5.69 Å². The fourth-order valence-corrected chi connectivity index (χ4v) is 2.98. The molecule has 2 aromatic carbocycles. The third kappa shape index (κ3) is 2.00. The zero-order valence-electron chi connectivity index (χ0n) is 12.4. The number of rotatable bonds is 2. The number of nitrogens with zero attached hydrogens (tertiary/aromatic N) is 2. The number of imidazole rings is 1. The first kappa shape index (κ1) is 12.5. The Balaban J connectivity index is 2.03. The van der Waals surface area contributed by atoms with E-state index in [0.29, 0.717) is 6.04 Å². The molecule has 1 saturated carbocycles. The van der Waals surface area contributed by atoms with Gasteiger partial charge >= 0.3 is 0 Å². The molecule has 0 aliphatic heterocycles. The van der Waals surface area contributed by atoms with Crippen LogP contribution in [0.25, 0.3) is 22.4 Å². The van der Waals surface area contributed by atoms with E-state index in [1.807, 2.05) is 12.1 Å². The second-order valence-electron chi connectivity index (χ2n) is 6.10. The van der Waals surface area contributed by atoms with Crippen LogP contribution in [-0.2, 0) is 0 Å². The molecule has 21 heavy (non-hydrogen) atoms. The van der Waals surface area contributed by atoms with E-state index in [4.69, 9.17) is 10.7 Å². The molecule has 0 unspecified atom stereocenters. The summed E-state index contributed by atoms with van der Waals surface area (Å²) in [6.45, 7) is 4.23. The van der Waals surface area contributed by atoms with Crippen LogP contribution in [0.3, 0.4) is 0 Å². The van der Waals surface area contributed by atoms with Crippen LogP contribution in [0, 0.1) is 13.8 Å². The molecule has 3 nitrogen and oxygen atoms in total. The lowest BCUT2D eigenvalue weighted by Gasteiger charge is -2.10. The predicted octanol–water partition coefficient (Wildman–Crippen LogP) is 4.24. The Morgan fingerprint density at radius 2 is 1.90 bits per heavy atom. The normalized spacial score (nSPS) is 14.8. The highest BCUT2D eigenvalue weighted by molar-refractivity contribution is 5.83. The van der Waals surface area contributed by atoms with Gasteiger partial charge in [0.05, 0.1) is 11.0 Å². The SMILES string of the molecule is Cc1ccc2c(c1)nc(-c1cc(N)ccc1C)n2C1CC1. The summed E-state index contributed by atoms with van der Waals surface area (Å²) in [5.41, 5.74) is 12.7. The number of hydrogen-bond donors (Lipinski definition) is 1. The van der Waals surface area contributed by atoms with Crippen molar-refractivity contribution < 1.29 is 0 Å². The second-order valence-corrected chi connectivity index (χ2v) is 6.10. The molecule has 0 spiro atoms. The van der Waals surface area contributed by atoms with Crippen LogP contribution in [-0.4, -0.2) is 9.55 Å². The van der Waals surface area contributed by atoms with Crippen LogP contribution in [0.15, 0.2) is 36.4 Å². The lowest BCUT2D eigenvalue weighted by molar-refractivity contribution is 0.774. The minimum Gasteiger partial charge on any atom is -0.399 e. The van der Waals surface area contributed by atoms with Crippen molar-refractivity contribution in [1.29, 1.82) is 0 Å². The molecule has 1 aromatic heterocycles. The van der Waals surface area contributed by atoms with E-state index in [2.05, 4.69) is 42.7 Å². The first-order valence-corrected chi connectivity index (χ1v) is 7.48. The molecule has 0 bridgehead atoms. The van der Waals surface area contributed by atoms with Crippen LogP contribution in [0.2, 0.25) is 0 Å². The third-order valence-corrected chi connectivity index (χ3v) is 4.26. The van der Waals surface area contributed by atoms with Gasteiger partial charge in [0.25, 0.3) is 0 Å². The largest absolute Gasteiger partial charge is 0.399 e. The van der Waals surface area contributed by atoms with Crippen LogP contribution < -0.4 is 5.73 Å². The monoisotopic (exact) mass is 277 g/mol. The van der Waals surface area contributed by atoms with Gasteiger partial charge in [0.1, 0.15) is 5.82 Å². The molecule has 1 heterocycles. The summed E-state index contributed by atoms with van der Waals surface area (Å²) >= 11 is 0. The summed E-state index contributed by atoms with van der Waals surface area (Å²) in [6, 6.07) is 13.2. The molecule has 0 radical (unpaired) electrons. The molecule has 3 aromatic rings. The molecule has 106 valence electrons. The van der Waals surface area contributed by atoms with Gasteiger partial charge < -0.3 is 10.3 Å². The average molecular weight is 277 g/mol. The molecule has 3 heteroatoms. The van der Waals surface area contributed by atoms with Crippen molar-refractivity contribution >= 4 is 16.7 Å². The quantitative estimate of drug-likeness (QED) is 0.712. The second kappa shape index (κ2) is 4.35. The van der Waals surface area contributed by atoms with Crippen molar-refractivity contribution in [2.24, 2.45) is 0 Å². The van der Waals surface area contributed by atoms with Gasteiger partial charge in [0, 0.05) is 17.3 Å². The van der Waals surface area contributed by atoms with Crippen LogP contribution >= 0.6 is 0 Å². The summed E-state index contributed by atoms with van der Waals surface area (Å²) in [5, 5.41) is 0. The number of nitrogen functional groups attached to an aromatic ring is 1. The molecular formula is C18H19N3. The summed E-state index contributed by atoms with van der Waals surface area (Å²) in [6.07, 6.45) is 2.49. The number of nitrogens with two attached hydrogens (primary N) is 1. The van der Waals surface area contributed by atoms with E-state index in [9.17, 15) is 0 Å². The molecule has 1 aliphatic carbocycles. The average Bonchev–Trinajstić information content (AvgIpc) is 3.22. The number of fused-ring (bicyclic) bond motifs is 1. The molecule has 1 aliphatic rings. The van der Waals surface area contributed by atoms with E-state index in [1.165, 1.54) is 29.5 Å². The van der Waals surface area contributed by atoms with Gasteiger partial charge in [0.2, 0.25) is 0 Å². The van der Waals surface area contributed by atoms with Gasteiger partial charge in [-0.3, -0.25) is 0 Å². The Kier molecular flexibility index (Phi) is 2.58. The summed E-state index contributed by atoms with van der Waals surface area (Å²) in [7, 11) is 0. The highest BCUT2D eigenvalue weighted by Gasteiger charge is 2.29. The molecule has 0 amide bonds. The fourth-order valence-electron chi connectivity index (χ4n) is 2.98. The van der Waals surface area contributed by atoms with Gasteiger partial charge in [-0.15, -0.1) is 0 Å². The van der Waals surface area contributed by atoms with Crippen molar-refractivity contribution in [1.82, 2.24) is 9.55 Å². The van der Waals surface area contributed by atoms with Crippen molar-refractivity contribution in [2.75, 3.05) is 5.73 Å². The standard InChI is InChI=1S/C18H19N3/c1-11-3-8-17-16(9-11)20-18(21(17)14-6-7-14)15-10-13(19)5-4-12(15)2/h3-5,8-10,14H,6-7,19H2,1-2H3. The Labute approximate surface area is 124 Å². The number of hydrogen-bond acceptors (Lipinski definition) is 2. The number of anilines is 1. The molecule has 0 atom stereocenters. The van der Waals surface area contributed by atoms with E-state index in [1.54, 1.807) is 0 Å². The van der Waals surface area contributed by atoms with Crippen molar-refractivity contribution in [2.45, 2.75) is 32.7 Å². The lowest BCUT2D eigenvalue weighted by atomic mass is 10.1. The summed E-state index contributed by atoms with van der Waals surface area (Å²) in [5.74, 6) is 1.06. The number of aryl methyl sites for hydroxylation is 2. The van der Waals surface area contributed by atoms with Crippen LogP contribution in [0.5, 0.6) is 0 Å². The lowest BCUT2D eigenvalue weighted by Crippen LogP contribution is -1.99. The number of aromatic nitrogens is 2. The highest BCUT2D eigenvalue weighted by Crippen LogP contribution is 2.42. The van der Waals surface area contributed by atoms with Gasteiger partial charge in [-0.05, 0) is 62.1 Å². The Morgan fingerprint density at radius 1 is 1.10 bits per heavy atom. The first-order valence-electron chi connectivity index (χ1n) is 7.48. The van der Waals surface area contributed by atoms with Crippen molar-refractivity contribution in [3.8, 4) is 11.4 Å². The maximum atomic E-state index is 5.99. The topological polar surface area (TPSA) is 43.8 Å². The predicted molar refractivity (Wildman–Crippen MR) is 87.3 cm³/mol. The Hall–Kier alpha value is -2.29. The van der Waals surface area contributed by atoms with Crippen molar-refractivity contribution in [3.05, 3.63) is 47.5 Å². The van der Waals surface area contributed by atoms with Gasteiger partial charge in [-0.1, -0.05) is 12.1 Å². The summed E-state index contributed by atoms with van der Waals surface area (Å²) < 4.78 is 2.40. The molecule has 4 rings (SSSR count). The molecule has 0 saturated heterocycles. The zero-order valence-corrected chi connectivity index (χ0v) is 12.4. The Bertz CT molecular complexity index is 841. The Morgan fingerprint density at radius 3 is 2.67 bits per heavy atom. The molecule has 1 fully saturated rings. The van der Waals surface area contributed by atoms with Gasteiger partial charge in [0.15, 0.2) is 0 Å². The fraction of sp³-hybridized carbons (Fsp3) is 0.278. The van der Waals surface area contributed by atoms with Crippen molar-refractivity contribution in [3.63, 3.8) is 0 Å². The van der Waals surface area contributed by atoms with E-state index in [0.717, 1.165) is 22.6 Å². The van der Waals surface area contributed by atoms with E-state index in [-0.39, 0.29) is 0 Å². The molecular weight excluding hydrogens is 258 g/mol. The maximum absolute atomic E-state index is 5.99. The number of benzene rings is 2. The maximum Gasteiger partial charge on any atom is 0.141 e. The first-order chi connectivity index (χ1) is 10.1.